The van der Waals surface area contributed by atoms with Crippen molar-refractivity contribution in [3.63, 3.8) is 0 Å². The lowest BCUT2D eigenvalue weighted by atomic mass is 10.0. The van der Waals surface area contributed by atoms with Gasteiger partial charge in [-0.2, -0.15) is 0 Å². The van der Waals surface area contributed by atoms with Gasteiger partial charge in [-0.1, -0.05) is 59.6 Å². The lowest BCUT2D eigenvalue weighted by Gasteiger charge is -2.12. The van der Waals surface area contributed by atoms with E-state index >= 15 is 0 Å². The van der Waals surface area contributed by atoms with E-state index in [1.54, 1.807) is 24.3 Å². The summed E-state index contributed by atoms with van der Waals surface area (Å²) in [6, 6.07) is 20.0. The van der Waals surface area contributed by atoms with E-state index in [1.807, 2.05) is 42.5 Å². The molecular formula is C21H13Cl2N3O. The summed E-state index contributed by atoms with van der Waals surface area (Å²) in [5, 5.41) is 4.56. The Hall–Kier alpha value is -2.95. The molecular weight excluding hydrogens is 381 g/mol. The van der Waals surface area contributed by atoms with Gasteiger partial charge in [0.25, 0.3) is 5.91 Å². The number of carbonyl (C=O) groups is 1. The highest BCUT2D eigenvalue weighted by Gasteiger charge is 2.16. The molecule has 0 atom stereocenters. The fraction of sp³-hybridized carbons (Fsp3) is 0. The number of para-hydroxylation sites is 1. The number of hydrogen-bond donors (Lipinski definition) is 1. The maximum Gasteiger partial charge on any atom is 0.256 e. The first-order valence-corrected chi connectivity index (χ1v) is 8.94. The van der Waals surface area contributed by atoms with Gasteiger partial charge in [0, 0.05) is 22.2 Å². The Bertz CT molecular complexity index is 1160. The number of anilines is 1. The minimum atomic E-state index is -0.258. The minimum absolute atomic E-state index is 0.258. The van der Waals surface area contributed by atoms with Crippen LogP contribution in [0.1, 0.15) is 10.4 Å². The van der Waals surface area contributed by atoms with Crippen LogP contribution in [0.3, 0.4) is 0 Å². The van der Waals surface area contributed by atoms with Gasteiger partial charge in [-0.3, -0.25) is 4.79 Å². The molecule has 6 heteroatoms. The van der Waals surface area contributed by atoms with Crippen molar-refractivity contribution in [1.82, 2.24) is 9.97 Å². The van der Waals surface area contributed by atoms with E-state index in [0.29, 0.717) is 27.0 Å². The van der Waals surface area contributed by atoms with Gasteiger partial charge in [0.15, 0.2) is 0 Å². The van der Waals surface area contributed by atoms with Gasteiger partial charge in [-0.05, 0) is 30.3 Å². The summed E-state index contributed by atoms with van der Waals surface area (Å²) in [6.07, 6.45) is 1.51. The van der Waals surface area contributed by atoms with E-state index in [4.69, 9.17) is 23.2 Å². The van der Waals surface area contributed by atoms with Crippen molar-refractivity contribution in [2.24, 2.45) is 0 Å². The van der Waals surface area contributed by atoms with Crippen LogP contribution in [0, 0.1) is 0 Å². The van der Waals surface area contributed by atoms with Gasteiger partial charge in [-0.25, -0.2) is 9.97 Å². The van der Waals surface area contributed by atoms with Crippen molar-refractivity contribution >= 4 is 45.7 Å². The Morgan fingerprint density at radius 3 is 2.48 bits per heavy atom. The molecule has 1 amide bonds. The number of hydrogen-bond acceptors (Lipinski definition) is 3. The number of rotatable bonds is 3. The summed E-state index contributed by atoms with van der Waals surface area (Å²) in [5.74, 6) is -0.258. The third kappa shape index (κ3) is 3.50. The maximum absolute atomic E-state index is 12.9. The number of halogens is 2. The van der Waals surface area contributed by atoms with Crippen LogP contribution in [0.5, 0.6) is 0 Å². The molecule has 0 unspecified atom stereocenters. The predicted octanol–water partition coefficient (Wildman–Crippen LogP) is 5.86. The largest absolute Gasteiger partial charge is 0.322 e. The van der Waals surface area contributed by atoms with Crippen molar-refractivity contribution in [3.8, 4) is 11.3 Å². The molecule has 132 valence electrons. The maximum atomic E-state index is 12.9. The molecule has 0 aliphatic carbocycles. The normalized spacial score (nSPS) is 10.7. The van der Waals surface area contributed by atoms with E-state index < -0.39 is 0 Å². The average Bonchev–Trinajstić information content (AvgIpc) is 2.70. The Morgan fingerprint density at radius 2 is 1.63 bits per heavy atom. The SMILES string of the molecule is O=C(Nc1ccc(Cl)c(Cl)c1)c1ccccc1-c1ncnc2ccccc12. The van der Waals surface area contributed by atoms with Crippen LogP contribution in [-0.2, 0) is 0 Å². The van der Waals surface area contributed by atoms with Crippen molar-refractivity contribution in [1.29, 1.82) is 0 Å². The molecule has 1 N–H and O–H groups in total. The summed E-state index contributed by atoms with van der Waals surface area (Å²) in [7, 11) is 0. The number of nitrogens with zero attached hydrogens (tertiary/aromatic N) is 2. The second-order valence-electron chi connectivity index (χ2n) is 5.87. The van der Waals surface area contributed by atoms with Crippen LogP contribution in [0.4, 0.5) is 5.69 Å². The molecule has 0 radical (unpaired) electrons. The molecule has 0 aliphatic rings. The highest BCUT2D eigenvalue weighted by Crippen LogP contribution is 2.29. The number of benzene rings is 3. The number of amides is 1. The highest BCUT2D eigenvalue weighted by atomic mass is 35.5. The summed E-state index contributed by atoms with van der Waals surface area (Å²) >= 11 is 12.0. The summed E-state index contributed by atoms with van der Waals surface area (Å²) < 4.78 is 0. The molecule has 27 heavy (non-hydrogen) atoms. The molecule has 0 fully saturated rings. The van der Waals surface area contributed by atoms with Crippen LogP contribution in [0.25, 0.3) is 22.2 Å². The van der Waals surface area contributed by atoms with Crippen molar-refractivity contribution < 1.29 is 4.79 Å². The molecule has 3 aromatic carbocycles. The van der Waals surface area contributed by atoms with Crippen LogP contribution >= 0.6 is 23.2 Å². The molecule has 4 nitrogen and oxygen atoms in total. The van der Waals surface area contributed by atoms with Crippen molar-refractivity contribution in [2.75, 3.05) is 5.32 Å². The Labute approximate surface area is 165 Å². The fourth-order valence-electron chi connectivity index (χ4n) is 2.88. The van der Waals surface area contributed by atoms with Gasteiger partial charge in [0.1, 0.15) is 6.33 Å². The van der Waals surface area contributed by atoms with Crippen molar-refractivity contribution in [2.45, 2.75) is 0 Å². The second kappa shape index (κ2) is 7.35. The molecule has 0 bridgehead atoms. The zero-order valence-corrected chi connectivity index (χ0v) is 15.5. The average molecular weight is 394 g/mol. The van der Waals surface area contributed by atoms with Gasteiger partial charge in [0.05, 0.1) is 21.3 Å². The van der Waals surface area contributed by atoms with Gasteiger partial charge < -0.3 is 5.32 Å². The molecule has 4 aromatic rings. The Morgan fingerprint density at radius 1 is 0.852 bits per heavy atom. The Kier molecular flexibility index (Phi) is 4.75. The monoisotopic (exact) mass is 393 g/mol. The first-order chi connectivity index (χ1) is 13.1. The number of nitrogens with one attached hydrogen (secondary N) is 1. The standard InChI is InChI=1S/C21H13Cl2N3O/c22-17-10-9-13(11-18(17)23)26-21(27)15-6-2-1-5-14(15)20-16-7-3-4-8-19(16)24-12-25-20/h1-12H,(H,26,27). The van der Waals surface area contributed by atoms with Crippen LogP contribution in [0.2, 0.25) is 10.0 Å². The third-order valence-electron chi connectivity index (χ3n) is 4.15. The topological polar surface area (TPSA) is 54.9 Å². The van der Waals surface area contributed by atoms with Crippen LogP contribution < -0.4 is 5.32 Å². The molecule has 0 aliphatic heterocycles. The summed E-state index contributed by atoms with van der Waals surface area (Å²) in [6.45, 7) is 0. The van der Waals surface area contributed by atoms with Gasteiger partial charge in [-0.15, -0.1) is 0 Å². The number of aromatic nitrogens is 2. The van der Waals surface area contributed by atoms with Gasteiger partial charge in [0.2, 0.25) is 0 Å². The summed E-state index contributed by atoms with van der Waals surface area (Å²) in [4.78, 5) is 21.6. The molecule has 1 aromatic heterocycles. The van der Waals surface area contributed by atoms with E-state index in [2.05, 4.69) is 15.3 Å². The van der Waals surface area contributed by atoms with E-state index in [-0.39, 0.29) is 5.91 Å². The molecule has 0 saturated carbocycles. The quantitative estimate of drug-likeness (QED) is 0.474. The predicted molar refractivity (Wildman–Crippen MR) is 109 cm³/mol. The van der Waals surface area contributed by atoms with Crippen LogP contribution in [-0.4, -0.2) is 15.9 Å². The Balaban J connectivity index is 1.76. The highest BCUT2D eigenvalue weighted by molar-refractivity contribution is 6.42. The van der Waals surface area contributed by atoms with E-state index in [9.17, 15) is 4.79 Å². The second-order valence-corrected chi connectivity index (χ2v) is 6.68. The zero-order valence-electron chi connectivity index (χ0n) is 14.0. The lowest BCUT2D eigenvalue weighted by Crippen LogP contribution is -2.13. The molecule has 0 saturated heterocycles. The molecule has 4 rings (SSSR count). The van der Waals surface area contributed by atoms with Crippen LogP contribution in [0.15, 0.2) is 73.1 Å². The first kappa shape index (κ1) is 17.5. The lowest BCUT2D eigenvalue weighted by molar-refractivity contribution is 0.102. The molecule has 0 spiro atoms. The van der Waals surface area contributed by atoms with E-state index in [0.717, 1.165) is 16.5 Å². The number of fused-ring (bicyclic) bond motifs is 1. The first-order valence-electron chi connectivity index (χ1n) is 8.19. The number of carbonyl (C=O) groups excluding carboxylic acids is 1. The molecule has 1 heterocycles. The third-order valence-corrected chi connectivity index (χ3v) is 4.89. The van der Waals surface area contributed by atoms with Gasteiger partial charge >= 0.3 is 0 Å². The van der Waals surface area contributed by atoms with Crippen molar-refractivity contribution in [3.05, 3.63) is 88.7 Å². The zero-order chi connectivity index (χ0) is 18.8. The smallest absolute Gasteiger partial charge is 0.256 e. The minimum Gasteiger partial charge on any atom is -0.322 e. The van der Waals surface area contributed by atoms with E-state index in [1.165, 1.54) is 6.33 Å². The fourth-order valence-corrected chi connectivity index (χ4v) is 3.18. The summed E-state index contributed by atoms with van der Waals surface area (Å²) in [5.41, 5.74) is 3.33.